The molecule has 0 spiro atoms. The summed E-state index contributed by atoms with van der Waals surface area (Å²) >= 11 is 5.20. The van der Waals surface area contributed by atoms with E-state index in [0.29, 0.717) is 9.05 Å². The van der Waals surface area contributed by atoms with Crippen LogP contribution in [0.1, 0.15) is 23.7 Å². The first-order valence-corrected chi connectivity index (χ1v) is 7.69. The van der Waals surface area contributed by atoms with E-state index in [1.807, 2.05) is 0 Å². The molecule has 0 aliphatic rings. The second-order valence-corrected chi connectivity index (χ2v) is 6.40. The number of carbonyl (C=O) groups excluding carboxylic acids is 1. The van der Waals surface area contributed by atoms with Crippen molar-refractivity contribution in [2.24, 2.45) is 0 Å². The molecule has 21 heavy (non-hydrogen) atoms. The number of hydrogen-bond acceptors (Lipinski definition) is 8. The summed E-state index contributed by atoms with van der Waals surface area (Å²) in [6.07, 6.45) is 0. The van der Waals surface area contributed by atoms with E-state index in [-0.39, 0.29) is 22.1 Å². The number of esters is 1. The number of halogens is 1. The number of aromatic nitrogens is 2. The Labute approximate surface area is 140 Å². The molecule has 2 rings (SSSR count). The first kappa shape index (κ1) is 14.4. The van der Waals surface area contributed by atoms with Crippen LogP contribution in [0.25, 0.3) is 0 Å². The lowest BCUT2D eigenvalue weighted by atomic mass is 10.5. The number of hydrogen-bond donors (Lipinski definition) is 1. The van der Waals surface area contributed by atoms with Crippen molar-refractivity contribution in [3.8, 4) is 0 Å². The average molecular weight is 396 g/mol. The average Bonchev–Trinajstić information content (AvgIpc) is 3.01. The molecule has 1 N–H and O–H groups in total. The second kappa shape index (κ2) is 8.05. The number of anilines is 1. The largest absolute Gasteiger partial charge is 0.476 e. The molecule has 0 unspecified atom stereocenters. The van der Waals surface area contributed by atoms with Gasteiger partial charge in [0, 0.05) is 24.8 Å². The fourth-order valence-corrected chi connectivity index (χ4v) is 2.43. The second-order valence-electron chi connectivity index (χ2n) is 3.56. The van der Waals surface area contributed by atoms with E-state index in [4.69, 9.17) is 7.85 Å². The number of rotatable bonds is 3. The van der Waals surface area contributed by atoms with E-state index in [0.717, 1.165) is 22.7 Å². The molecule has 0 saturated carbocycles. The Bertz CT molecular complexity index is 720. The van der Waals surface area contributed by atoms with Crippen LogP contribution in [0.2, 0.25) is 0 Å². The monoisotopic (exact) mass is 395 g/mol. The smallest absolute Gasteiger partial charge is 0.357 e. The van der Waals surface area contributed by atoms with Crippen molar-refractivity contribution in [1.82, 2.24) is 9.97 Å². The third kappa shape index (κ3) is 5.40. The van der Waals surface area contributed by atoms with Crippen molar-refractivity contribution in [2.45, 2.75) is 0 Å². The number of carboxylic acids is 1. The van der Waals surface area contributed by atoms with Gasteiger partial charge in [0.1, 0.15) is 0 Å². The van der Waals surface area contributed by atoms with E-state index < -0.39 is 11.9 Å². The number of carboxylic acid groups (broad SMARTS) is 1. The molecule has 0 aliphatic heterocycles. The fraction of sp³-hybridized carbons (Fsp3) is 0.273. The van der Waals surface area contributed by atoms with Crippen LogP contribution < -0.4 is 4.90 Å². The first-order chi connectivity index (χ1) is 10.7. The maximum absolute atomic E-state index is 10.8. The molecule has 7 nitrogen and oxygen atoms in total. The minimum atomic E-state index is -1.15. The van der Waals surface area contributed by atoms with Gasteiger partial charge in [-0.15, -0.1) is 22.7 Å². The summed E-state index contributed by atoms with van der Waals surface area (Å²) in [5, 5.41) is 9.21. The highest BCUT2D eigenvalue weighted by Gasteiger charge is 2.09. The van der Waals surface area contributed by atoms with Gasteiger partial charge in [-0.25, -0.2) is 19.6 Å². The normalized spacial score (nSPS) is 10.9. The molecule has 0 bridgehead atoms. The molecule has 2 heterocycles. The Balaban J connectivity index is 0.000000231. The van der Waals surface area contributed by atoms with E-state index in [2.05, 4.69) is 30.6 Å². The van der Waals surface area contributed by atoms with Gasteiger partial charge in [-0.2, -0.15) is 0 Å². The van der Waals surface area contributed by atoms with Crippen LogP contribution in [0.4, 0.5) is 5.13 Å². The minimum absolute atomic E-state index is 0.00815. The van der Waals surface area contributed by atoms with Crippen molar-refractivity contribution >= 4 is 55.7 Å². The molecule has 0 aliphatic carbocycles. The molecule has 0 fully saturated rings. The predicted octanol–water partition coefficient (Wildman–Crippen LogP) is 2.60. The van der Waals surface area contributed by atoms with Gasteiger partial charge in [0.15, 0.2) is 20.4 Å². The van der Waals surface area contributed by atoms with Crippen molar-refractivity contribution in [3.63, 3.8) is 0 Å². The number of nitrogens with zero attached hydrogens (tertiary/aromatic N) is 3. The third-order valence-corrected chi connectivity index (χ3v) is 3.99. The number of thiazole rings is 2. The van der Waals surface area contributed by atoms with Gasteiger partial charge in [-0.3, -0.25) is 0 Å². The van der Waals surface area contributed by atoms with Crippen LogP contribution in [0.5, 0.6) is 0 Å². The molecule has 0 atom stereocenters. The fourth-order valence-electron chi connectivity index (χ4n) is 0.926. The highest BCUT2D eigenvalue weighted by Crippen LogP contribution is 2.17. The number of methoxy groups -OCH3 is 1. The number of carbonyl (C=O) groups is 2. The Morgan fingerprint density at radius 3 is 2.29 bits per heavy atom. The summed E-state index contributed by atoms with van der Waals surface area (Å²) in [4.78, 5) is 30.5. The molecule has 10 heteroatoms. The molecule has 114 valence electrons. The molecule has 0 amide bonds. The molecular formula is C11H12BrN3O4S2. The van der Waals surface area contributed by atoms with Crippen LogP contribution in [0.3, 0.4) is 0 Å². The lowest BCUT2D eigenvalue weighted by molar-refractivity contribution is 0.0594. The van der Waals surface area contributed by atoms with Gasteiger partial charge in [-0.05, 0) is 15.9 Å². The Kier molecular flexibility index (Phi) is 5.53. The third-order valence-electron chi connectivity index (χ3n) is 1.84. The Morgan fingerprint density at radius 1 is 1.33 bits per heavy atom. The van der Waals surface area contributed by atoms with Gasteiger partial charge in [0.05, 0.1) is 9.85 Å². The maximum Gasteiger partial charge on any atom is 0.357 e. The standard InChI is InChI=1S/C6H8N2O2S.C5H4BrNO2S/c1-8(2)6-7-4(3-11-6)5(9)10;1-9-4(8)3-2-10-5(6)7-3/h3H,1-2H3,(H,9,10);2H,1H3/i3D;2D. The highest BCUT2D eigenvalue weighted by molar-refractivity contribution is 9.11. The van der Waals surface area contributed by atoms with E-state index in [1.165, 1.54) is 7.11 Å². The van der Waals surface area contributed by atoms with E-state index in [1.54, 1.807) is 19.0 Å². The quantitative estimate of drug-likeness (QED) is 0.798. The van der Waals surface area contributed by atoms with Gasteiger partial charge in [0.2, 0.25) is 0 Å². The van der Waals surface area contributed by atoms with Crippen LogP contribution >= 0.6 is 38.6 Å². The zero-order valence-electron chi connectivity index (χ0n) is 13.2. The van der Waals surface area contributed by atoms with Gasteiger partial charge >= 0.3 is 11.9 Å². The van der Waals surface area contributed by atoms with Crippen molar-refractivity contribution < 1.29 is 22.2 Å². The number of aromatic carboxylic acids is 1. The van der Waals surface area contributed by atoms with Crippen molar-refractivity contribution in [3.05, 3.63) is 26.0 Å². The Morgan fingerprint density at radius 2 is 1.95 bits per heavy atom. The molecule has 2 aromatic heterocycles. The summed E-state index contributed by atoms with van der Waals surface area (Å²) in [6.45, 7) is 0. The van der Waals surface area contributed by atoms with Gasteiger partial charge < -0.3 is 14.7 Å². The van der Waals surface area contributed by atoms with Gasteiger partial charge in [-0.1, -0.05) is 0 Å². The molecule has 0 saturated heterocycles. The Hall–Kier alpha value is -1.52. The van der Waals surface area contributed by atoms with Crippen molar-refractivity contribution in [1.29, 1.82) is 0 Å². The number of ether oxygens (including phenoxy) is 1. The first-order valence-electron chi connectivity index (χ1n) is 6.26. The molecule has 0 aromatic carbocycles. The zero-order valence-corrected chi connectivity index (χ0v) is 14.4. The summed E-state index contributed by atoms with van der Waals surface area (Å²) in [5.41, 5.74) is -0.118. The summed E-state index contributed by atoms with van der Waals surface area (Å²) in [7, 11) is 4.77. The molecular weight excluding hydrogens is 382 g/mol. The SMILES string of the molecule is [2H]c1sc(Br)nc1C(=O)OC.[2H]c1sc(N(C)C)nc1C(=O)O. The van der Waals surface area contributed by atoms with Crippen LogP contribution in [-0.2, 0) is 4.74 Å². The highest BCUT2D eigenvalue weighted by atomic mass is 79.9. The lowest BCUT2D eigenvalue weighted by Crippen LogP contribution is -2.08. The zero-order chi connectivity index (χ0) is 17.7. The van der Waals surface area contributed by atoms with Crippen LogP contribution in [-0.4, -0.2) is 48.2 Å². The lowest BCUT2D eigenvalue weighted by Gasteiger charge is -2.04. The van der Waals surface area contributed by atoms with E-state index in [9.17, 15) is 9.59 Å². The molecule has 0 radical (unpaired) electrons. The van der Waals surface area contributed by atoms with Crippen LogP contribution in [0.15, 0.2) is 14.6 Å². The summed E-state index contributed by atoms with van der Waals surface area (Å²) in [5.74, 6) is -1.72. The summed E-state index contributed by atoms with van der Waals surface area (Å²) < 4.78 is 19.4. The van der Waals surface area contributed by atoms with Crippen LogP contribution in [0, 0.1) is 0 Å². The topological polar surface area (TPSA) is 92.6 Å². The predicted molar refractivity (Wildman–Crippen MR) is 84.6 cm³/mol. The van der Waals surface area contributed by atoms with Crippen molar-refractivity contribution in [2.75, 3.05) is 26.1 Å². The van der Waals surface area contributed by atoms with Gasteiger partial charge in [0.25, 0.3) is 0 Å². The minimum Gasteiger partial charge on any atom is -0.476 e. The maximum atomic E-state index is 10.8. The molecule has 2 aromatic rings. The van der Waals surface area contributed by atoms with E-state index >= 15 is 0 Å². The summed E-state index contributed by atoms with van der Waals surface area (Å²) in [6, 6.07) is 0.